The minimum Gasteiger partial charge on any atom is -0.496 e. The quantitative estimate of drug-likeness (QED) is 0.506. The molecule has 0 saturated heterocycles. The summed E-state index contributed by atoms with van der Waals surface area (Å²) in [4.78, 5) is 25.1. The van der Waals surface area contributed by atoms with E-state index in [4.69, 9.17) is 14.2 Å². The van der Waals surface area contributed by atoms with Gasteiger partial charge in [0.2, 0.25) is 0 Å². The first kappa shape index (κ1) is 24.6. The van der Waals surface area contributed by atoms with Crippen molar-refractivity contribution in [2.24, 2.45) is 5.92 Å². The van der Waals surface area contributed by atoms with E-state index >= 15 is 0 Å². The Hall–Kier alpha value is -3.48. The summed E-state index contributed by atoms with van der Waals surface area (Å²) in [5, 5.41) is 12.7. The topological polar surface area (TPSA) is 94.1 Å². The highest BCUT2D eigenvalue weighted by molar-refractivity contribution is 5.98. The Morgan fingerprint density at radius 2 is 1.83 bits per heavy atom. The number of ether oxygens (including phenoxy) is 3. The second-order valence-corrected chi connectivity index (χ2v) is 9.31. The van der Waals surface area contributed by atoms with Crippen molar-refractivity contribution in [1.82, 2.24) is 5.32 Å². The molecule has 0 atom stereocenters. The summed E-state index contributed by atoms with van der Waals surface area (Å²) in [7, 11) is 1.55. The number of carboxylic acid groups (broad SMARTS) is 1. The van der Waals surface area contributed by atoms with E-state index in [2.05, 4.69) is 36.5 Å². The summed E-state index contributed by atoms with van der Waals surface area (Å²) in [6.45, 7) is 3.18. The molecule has 35 heavy (non-hydrogen) atoms. The van der Waals surface area contributed by atoms with E-state index in [1.165, 1.54) is 5.57 Å². The van der Waals surface area contributed by atoms with Crippen LogP contribution in [0.4, 0.5) is 0 Å². The van der Waals surface area contributed by atoms with Crippen LogP contribution in [0.15, 0.2) is 48.7 Å². The average Bonchev–Trinajstić information content (AvgIpc) is 2.84. The molecule has 4 rings (SSSR count). The third-order valence-electron chi connectivity index (χ3n) is 7.16. The van der Waals surface area contributed by atoms with Gasteiger partial charge in [-0.2, -0.15) is 0 Å². The Morgan fingerprint density at radius 3 is 2.40 bits per heavy atom. The maximum absolute atomic E-state index is 13.1. The van der Waals surface area contributed by atoms with Crippen molar-refractivity contribution in [1.29, 1.82) is 0 Å². The molecule has 0 radical (unpaired) electrons. The molecule has 1 amide bonds. The Morgan fingerprint density at radius 1 is 1.11 bits per heavy atom. The van der Waals surface area contributed by atoms with Crippen molar-refractivity contribution in [3.8, 4) is 11.5 Å². The summed E-state index contributed by atoms with van der Waals surface area (Å²) >= 11 is 0. The number of nitrogens with one attached hydrogen (secondary N) is 1. The van der Waals surface area contributed by atoms with Gasteiger partial charge in [-0.05, 0) is 60.9 Å². The molecule has 0 aromatic heterocycles. The van der Waals surface area contributed by atoms with E-state index in [9.17, 15) is 14.7 Å². The number of methoxy groups -OCH3 is 1. The molecule has 0 spiro atoms. The van der Waals surface area contributed by atoms with E-state index < -0.39 is 17.4 Å². The minimum atomic E-state index is -1.22. The first-order valence-electron chi connectivity index (χ1n) is 12.2. The number of carbonyl (C=O) groups excluding carboxylic acids is 1. The third-order valence-corrected chi connectivity index (χ3v) is 7.16. The SMILES string of the molecule is CCC1CCC(NC(=O)c2ccc(OC)c(OCCc3ccc(C4=COC4)cc3)c2)(C(=O)O)CC1. The fourth-order valence-electron chi connectivity index (χ4n) is 4.67. The third kappa shape index (κ3) is 5.61. The fraction of sp³-hybridized carbons (Fsp3) is 0.429. The van der Waals surface area contributed by atoms with Gasteiger partial charge in [-0.3, -0.25) is 4.79 Å². The predicted octanol–water partition coefficient (Wildman–Crippen LogP) is 4.84. The molecule has 2 aromatic carbocycles. The van der Waals surface area contributed by atoms with E-state index in [0.29, 0.717) is 55.5 Å². The highest BCUT2D eigenvalue weighted by Gasteiger charge is 2.43. The standard InChI is InChI=1S/C28H33NO6/c1-3-19-10-13-28(14-11-19,27(31)32)29-26(30)22-8-9-24(33-2)25(16-22)35-15-12-20-4-6-21(7-5-20)23-17-34-18-23/h4-9,16-17,19H,3,10-15,18H2,1-2H3,(H,29,30)(H,31,32). The van der Waals surface area contributed by atoms with Crippen LogP contribution in [-0.2, 0) is 16.0 Å². The first-order chi connectivity index (χ1) is 16.9. The molecule has 1 heterocycles. The zero-order valence-corrected chi connectivity index (χ0v) is 20.3. The van der Waals surface area contributed by atoms with Crippen LogP contribution in [0.25, 0.3) is 5.57 Å². The van der Waals surface area contributed by atoms with Crippen molar-refractivity contribution < 1.29 is 28.9 Å². The number of hydrogen-bond donors (Lipinski definition) is 2. The lowest BCUT2D eigenvalue weighted by Gasteiger charge is -2.37. The number of carbonyl (C=O) groups is 2. The molecule has 186 valence electrons. The molecule has 2 N–H and O–H groups in total. The van der Waals surface area contributed by atoms with Crippen molar-refractivity contribution in [3.63, 3.8) is 0 Å². The van der Waals surface area contributed by atoms with Crippen molar-refractivity contribution in [2.45, 2.75) is 51.0 Å². The Labute approximate surface area is 206 Å². The second kappa shape index (κ2) is 10.8. The van der Waals surface area contributed by atoms with E-state index in [-0.39, 0.29) is 0 Å². The summed E-state index contributed by atoms with van der Waals surface area (Å²) in [5.74, 6) is 0.0935. The number of benzene rings is 2. The van der Waals surface area contributed by atoms with Gasteiger partial charge in [0.1, 0.15) is 12.1 Å². The van der Waals surface area contributed by atoms with Gasteiger partial charge in [0.25, 0.3) is 5.91 Å². The Bertz CT molecular complexity index is 1080. The number of aliphatic carboxylic acids is 1. The molecular weight excluding hydrogens is 446 g/mol. The second-order valence-electron chi connectivity index (χ2n) is 9.31. The van der Waals surface area contributed by atoms with Gasteiger partial charge in [0, 0.05) is 17.6 Å². The molecule has 0 unspecified atom stereocenters. The average molecular weight is 480 g/mol. The minimum absolute atomic E-state index is 0.347. The Kier molecular flexibility index (Phi) is 7.63. The molecule has 7 heteroatoms. The van der Waals surface area contributed by atoms with Crippen molar-refractivity contribution in [3.05, 3.63) is 65.4 Å². The monoisotopic (exact) mass is 479 g/mol. The van der Waals surface area contributed by atoms with E-state index in [1.54, 1.807) is 31.6 Å². The molecular formula is C28H33NO6. The van der Waals surface area contributed by atoms with Gasteiger partial charge in [0.15, 0.2) is 11.5 Å². The lowest BCUT2D eigenvalue weighted by atomic mass is 9.75. The van der Waals surface area contributed by atoms with E-state index in [1.807, 2.05) is 0 Å². The van der Waals surface area contributed by atoms with Crippen LogP contribution in [0.2, 0.25) is 0 Å². The number of hydrogen-bond acceptors (Lipinski definition) is 5. The van der Waals surface area contributed by atoms with Gasteiger partial charge in [-0.1, -0.05) is 37.6 Å². The molecule has 1 aliphatic carbocycles. The molecule has 1 aliphatic heterocycles. The van der Waals surface area contributed by atoms with Gasteiger partial charge < -0.3 is 24.6 Å². The summed E-state index contributed by atoms with van der Waals surface area (Å²) < 4.78 is 16.5. The maximum Gasteiger partial charge on any atom is 0.329 e. The Balaban J connectivity index is 1.40. The van der Waals surface area contributed by atoms with Crippen LogP contribution in [-0.4, -0.2) is 42.8 Å². The first-order valence-corrected chi connectivity index (χ1v) is 12.2. The van der Waals surface area contributed by atoms with Gasteiger partial charge >= 0.3 is 5.97 Å². The van der Waals surface area contributed by atoms with Crippen molar-refractivity contribution >= 4 is 17.4 Å². The van der Waals surface area contributed by atoms with Gasteiger partial charge in [-0.15, -0.1) is 0 Å². The lowest BCUT2D eigenvalue weighted by molar-refractivity contribution is -0.146. The lowest BCUT2D eigenvalue weighted by Crippen LogP contribution is -2.56. The highest BCUT2D eigenvalue weighted by Crippen LogP contribution is 2.35. The summed E-state index contributed by atoms with van der Waals surface area (Å²) in [6, 6.07) is 13.2. The number of carboxylic acids is 1. The molecule has 1 saturated carbocycles. The van der Waals surface area contributed by atoms with Crippen molar-refractivity contribution in [2.75, 3.05) is 20.3 Å². The van der Waals surface area contributed by atoms with Crippen LogP contribution in [0.1, 0.15) is 60.5 Å². The fourth-order valence-corrected chi connectivity index (χ4v) is 4.67. The predicted molar refractivity (Wildman–Crippen MR) is 133 cm³/mol. The highest BCUT2D eigenvalue weighted by atomic mass is 16.5. The smallest absolute Gasteiger partial charge is 0.329 e. The summed E-state index contributed by atoms with van der Waals surface area (Å²) in [5.41, 5.74) is 2.60. The number of rotatable bonds is 10. The normalized spacial score (nSPS) is 21.2. The zero-order chi connectivity index (χ0) is 24.8. The van der Waals surface area contributed by atoms with Crippen LogP contribution < -0.4 is 14.8 Å². The molecule has 2 aromatic rings. The van der Waals surface area contributed by atoms with Crippen LogP contribution in [0, 0.1) is 5.92 Å². The van der Waals surface area contributed by atoms with Gasteiger partial charge in [-0.25, -0.2) is 4.79 Å². The van der Waals surface area contributed by atoms with Crippen LogP contribution in [0.5, 0.6) is 11.5 Å². The van der Waals surface area contributed by atoms with Crippen LogP contribution in [0.3, 0.4) is 0 Å². The maximum atomic E-state index is 13.1. The molecule has 7 nitrogen and oxygen atoms in total. The largest absolute Gasteiger partial charge is 0.496 e. The summed E-state index contributed by atoms with van der Waals surface area (Å²) in [6.07, 6.45) is 5.96. The molecule has 2 aliphatic rings. The molecule has 1 fully saturated rings. The van der Waals surface area contributed by atoms with E-state index in [0.717, 1.165) is 30.4 Å². The zero-order valence-electron chi connectivity index (χ0n) is 20.3. The van der Waals surface area contributed by atoms with Gasteiger partial charge in [0.05, 0.1) is 20.0 Å². The van der Waals surface area contributed by atoms with Crippen LogP contribution >= 0.6 is 0 Å². The molecule has 0 bridgehead atoms. The number of amides is 1.